The standard InChI is InChI=1S/C17H26BN3O3/c1-12-6-7-14(10-13(12)2)20-15-18(23-11-19)8-9-21(15)16(22)24-17(3,4)5/h6-7,10H,8-9,11,19H2,1-5H3. The van der Waals surface area contributed by atoms with Crippen molar-refractivity contribution >= 4 is 24.4 Å². The quantitative estimate of drug-likeness (QED) is 0.682. The Morgan fingerprint density at radius 2 is 2.04 bits per heavy atom. The summed E-state index contributed by atoms with van der Waals surface area (Å²) in [7, 11) is 0. The molecule has 7 heteroatoms. The van der Waals surface area contributed by atoms with E-state index in [4.69, 9.17) is 15.1 Å². The Hall–Kier alpha value is -1.86. The van der Waals surface area contributed by atoms with Gasteiger partial charge in [0.1, 0.15) is 11.3 Å². The molecule has 0 aromatic heterocycles. The number of amides is 1. The maximum absolute atomic E-state index is 12.5. The van der Waals surface area contributed by atoms with Gasteiger partial charge in [0.25, 0.3) is 0 Å². The molecule has 1 aromatic rings. The second kappa shape index (κ2) is 7.36. The van der Waals surface area contributed by atoms with Gasteiger partial charge in [-0.25, -0.2) is 9.79 Å². The van der Waals surface area contributed by atoms with Crippen LogP contribution < -0.4 is 5.73 Å². The number of ether oxygens (including phenoxy) is 1. The molecule has 0 radical (unpaired) electrons. The number of nitrogens with two attached hydrogens (primary N) is 1. The fourth-order valence-corrected chi connectivity index (χ4v) is 2.50. The van der Waals surface area contributed by atoms with E-state index in [0.717, 1.165) is 11.3 Å². The minimum absolute atomic E-state index is 0.0821. The zero-order valence-corrected chi connectivity index (χ0v) is 15.1. The number of carbonyl (C=O) groups is 1. The molecule has 1 heterocycles. The number of rotatable bonds is 3. The Labute approximate surface area is 144 Å². The van der Waals surface area contributed by atoms with Gasteiger partial charge in [-0.05, 0) is 64.2 Å². The van der Waals surface area contributed by atoms with E-state index in [0.29, 0.717) is 18.6 Å². The highest BCUT2D eigenvalue weighted by atomic mass is 16.6. The normalized spacial score (nSPS) is 16.8. The average molecular weight is 331 g/mol. The molecule has 0 atom stereocenters. The highest BCUT2D eigenvalue weighted by molar-refractivity contribution is 6.88. The summed E-state index contributed by atoms with van der Waals surface area (Å²) in [6.45, 7) is 9.90. The van der Waals surface area contributed by atoms with Crippen LogP contribution in [-0.2, 0) is 9.39 Å². The third-order valence-electron chi connectivity index (χ3n) is 3.82. The van der Waals surface area contributed by atoms with Crippen molar-refractivity contribution in [3.63, 3.8) is 0 Å². The topological polar surface area (TPSA) is 77.2 Å². The highest BCUT2D eigenvalue weighted by Crippen LogP contribution is 2.23. The van der Waals surface area contributed by atoms with Crippen molar-refractivity contribution in [3.8, 4) is 0 Å². The molecule has 1 aliphatic heterocycles. The summed E-state index contributed by atoms with van der Waals surface area (Å²) in [5, 5.41) is 0. The second-order valence-electron chi connectivity index (χ2n) is 6.98. The fraction of sp³-hybridized carbons (Fsp3) is 0.529. The van der Waals surface area contributed by atoms with Crippen molar-refractivity contribution in [3.05, 3.63) is 29.3 Å². The number of nitrogens with zero attached hydrogens (tertiary/aromatic N) is 2. The van der Waals surface area contributed by atoms with Crippen LogP contribution in [0.1, 0.15) is 31.9 Å². The van der Waals surface area contributed by atoms with E-state index in [1.807, 2.05) is 45.9 Å². The second-order valence-corrected chi connectivity index (χ2v) is 6.98. The van der Waals surface area contributed by atoms with Gasteiger partial charge < -0.3 is 15.1 Å². The third-order valence-corrected chi connectivity index (χ3v) is 3.82. The van der Waals surface area contributed by atoms with E-state index < -0.39 is 11.7 Å². The van der Waals surface area contributed by atoms with Gasteiger partial charge in [-0.2, -0.15) is 0 Å². The van der Waals surface area contributed by atoms with E-state index >= 15 is 0 Å². The zero-order chi connectivity index (χ0) is 17.9. The molecule has 1 aromatic carbocycles. The van der Waals surface area contributed by atoms with Crippen molar-refractivity contribution in [1.29, 1.82) is 0 Å². The Bertz CT molecular complexity index is 640. The van der Waals surface area contributed by atoms with Crippen molar-refractivity contribution in [2.75, 3.05) is 13.3 Å². The number of aryl methyl sites for hydroxylation is 2. The van der Waals surface area contributed by atoms with E-state index in [1.165, 1.54) is 5.56 Å². The van der Waals surface area contributed by atoms with Gasteiger partial charge in [0, 0.05) is 6.54 Å². The van der Waals surface area contributed by atoms with Gasteiger partial charge in [-0.3, -0.25) is 4.90 Å². The van der Waals surface area contributed by atoms with E-state index in [-0.39, 0.29) is 13.6 Å². The predicted octanol–water partition coefficient (Wildman–Crippen LogP) is 3.05. The van der Waals surface area contributed by atoms with Crippen molar-refractivity contribution in [1.82, 2.24) is 4.90 Å². The molecule has 0 saturated carbocycles. The van der Waals surface area contributed by atoms with Gasteiger partial charge in [0.05, 0.1) is 12.4 Å². The predicted molar refractivity (Wildman–Crippen MR) is 96.7 cm³/mol. The summed E-state index contributed by atoms with van der Waals surface area (Å²) >= 11 is 0. The maximum atomic E-state index is 12.5. The zero-order valence-electron chi connectivity index (χ0n) is 15.1. The van der Waals surface area contributed by atoms with Crippen LogP contribution in [0.25, 0.3) is 0 Å². The van der Waals surface area contributed by atoms with Crippen LogP contribution in [0.15, 0.2) is 23.2 Å². The van der Waals surface area contributed by atoms with Gasteiger partial charge in [0.2, 0.25) is 0 Å². The molecule has 130 valence electrons. The average Bonchev–Trinajstić information content (AvgIpc) is 2.85. The first-order valence-electron chi connectivity index (χ1n) is 8.19. The maximum Gasteiger partial charge on any atom is 0.415 e. The fourth-order valence-electron chi connectivity index (χ4n) is 2.50. The molecule has 0 unspecified atom stereocenters. The first-order valence-corrected chi connectivity index (χ1v) is 8.19. The Kier molecular flexibility index (Phi) is 5.67. The van der Waals surface area contributed by atoms with E-state index in [1.54, 1.807) is 4.90 Å². The van der Waals surface area contributed by atoms with Crippen LogP contribution in [0.5, 0.6) is 0 Å². The molecule has 2 N–H and O–H groups in total. The number of hydrogen-bond acceptors (Lipinski definition) is 5. The van der Waals surface area contributed by atoms with Crippen LogP contribution >= 0.6 is 0 Å². The molecule has 1 fully saturated rings. The lowest BCUT2D eigenvalue weighted by atomic mass is 9.66. The van der Waals surface area contributed by atoms with Crippen LogP contribution in [0.4, 0.5) is 10.5 Å². The molecule has 2 rings (SSSR count). The van der Waals surface area contributed by atoms with E-state index in [2.05, 4.69) is 11.9 Å². The summed E-state index contributed by atoms with van der Waals surface area (Å²) in [5.41, 5.74) is 8.65. The molecule has 0 bridgehead atoms. The van der Waals surface area contributed by atoms with Gasteiger partial charge in [0.15, 0.2) is 0 Å². The SMILES string of the molecule is Cc1ccc(N=C2B(OCN)CCN2C(=O)OC(C)(C)C)cc1C. The van der Waals surface area contributed by atoms with E-state index in [9.17, 15) is 4.79 Å². The minimum atomic E-state index is -0.560. The number of aliphatic imine (C=N–C) groups is 1. The lowest BCUT2D eigenvalue weighted by Gasteiger charge is -2.25. The highest BCUT2D eigenvalue weighted by Gasteiger charge is 2.40. The molecule has 0 spiro atoms. The molecular formula is C17H26BN3O3. The van der Waals surface area contributed by atoms with Crippen LogP contribution in [0, 0.1) is 13.8 Å². The summed E-state index contributed by atoms with van der Waals surface area (Å²) in [6.07, 6.45) is 0.244. The first-order chi connectivity index (χ1) is 11.2. The minimum Gasteiger partial charge on any atom is -0.443 e. The lowest BCUT2D eigenvalue weighted by molar-refractivity contribution is 0.0385. The van der Waals surface area contributed by atoms with Crippen LogP contribution in [-0.4, -0.2) is 42.5 Å². The third kappa shape index (κ3) is 4.58. The van der Waals surface area contributed by atoms with Crippen molar-refractivity contribution in [2.45, 2.75) is 46.5 Å². The molecule has 1 saturated heterocycles. The Morgan fingerprint density at radius 3 is 2.62 bits per heavy atom. The molecule has 1 aliphatic rings. The number of carbonyl (C=O) groups excluding carboxylic acids is 1. The number of hydrogen-bond donors (Lipinski definition) is 1. The smallest absolute Gasteiger partial charge is 0.415 e. The van der Waals surface area contributed by atoms with Gasteiger partial charge in [-0.1, -0.05) is 6.07 Å². The first kappa shape index (κ1) is 18.5. The van der Waals surface area contributed by atoms with Gasteiger partial charge in [-0.15, -0.1) is 0 Å². The lowest BCUT2D eigenvalue weighted by Crippen LogP contribution is -2.41. The molecule has 24 heavy (non-hydrogen) atoms. The molecule has 6 nitrogen and oxygen atoms in total. The number of benzene rings is 1. The van der Waals surface area contributed by atoms with Crippen molar-refractivity contribution < 1.29 is 14.2 Å². The summed E-state index contributed by atoms with van der Waals surface area (Å²) in [5.74, 6) is 0. The Morgan fingerprint density at radius 1 is 1.33 bits per heavy atom. The molecule has 0 aliphatic carbocycles. The summed E-state index contributed by atoms with van der Waals surface area (Å²) in [6, 6.07) is 5.94. The molecular weight excluding hydrogens is 305 g/mol. The molecule has 1 amide bonds. The van der Waals surface area contributed by atoms with Crippen LogP contribution in [0.2, 0.25) is 6.32 Å². The largest absolute Gasteiger partial charge is 0.443 e. The Balaban J connectivity index is 2.32. The van der Waals surface area contributed by atoms with Crippen molar-refractivity contribution in [2.24, 2.45) is 10.7 Å². The van der Waals surface area contributed by atoms with Crippen LogP contribution in [0.3, 0.4) is 0 Å². The number of amidine groups is 1. The van der Waals surface area contributed by atoms with Gasteiger partial charge >= 0.3 is 13.0 Å². The monoisotopic (exact) mass is 331 g/mol. The summed E-state index contributed by atoms with van der Waals surface area (Å²) in [4.78, 5) is 18.7. The summed E-state index contributed by atoms with van der Waals surface area (Å²) < 4.78 is 11.0.